The van der Waals surface area contributed by atoms with Crippen LogP contribution in [-0.2, 0) is 14.8 Å². The molecule has 2 N–H and O–H groups in total. The van der Waals surface area contributed by atoms with Crippen molar-refractivity contribution < 1.29 is 13.2 Å². The number of hydrogen-bond acceptors (Lipinski definition) is 3. The van der Waals surface area contributed by atoms with Crippen molar-refractivity contribution in [3.05, 3.63) is 28.3 Å². The van der Waals surface area contributed by atoms with Gasteiger partial charge in [0.1, 0.15) is 0 Å². The maximum absolute atomic E-state index is 12.6. The third-order valence-corrected chi connectivity index (χ3v) is 5.47. The largest absolute Gasteiger partial charge is 0.344 e. The van der Waals surface area contributed by atoms with E-state index >= 15 is 0 Å². The molecule has 1 aromatic rings. The van der Waals surface area contributed by atoms with E-state index < -0.39 is 22.0 Å². The average molecular weight is 322 g/mol. The van der Waals surface area contributed by atoms with Gasteiger partial charge in [-0.1, -0.05) is 12.0 Å². The monoisotopic (exact) mass is 322 g/mol. The van der Waals surface area contributed by atoms with Crippen molar-refractivity contribution in [1.82, 2.24) is 10.0 Å². The fourth-order valence-electron chi connectivity index (χ4n) is 2.22. The molecular formula is C16H22N2O3S. The molecule has 0 bridgehead atoms. The zero-order valence-electron chi connectivity index (χ0n) is 13.6. The molecule has 22 heavy (non-hydrogen) atoms. The van der Waals surface area contributed by atoms with Gasteiger partial charge in [-0.25, -0.2) is 8.42 Å². The standard InChI is InChI=1S/C16H22N2O3S/c1-7-8-17-16(19)14(6)18-22(20,21)15-12(4)10(2)9-11(3)13(15)5/h1,9,14,18H,8H2,2-6H3,(H,17,19)/t14-/m0/s1. The van der Waals surface area contributed by atoms with E-state index in [-0.39, 0.29) is 11.4 Å². The van der Waals surface area contributed by atoms with Gasteiger partial charge >= 0.3 is 0 Å². The van der Waals surface area contributed by atoms with E-state index in [2.05, 4.69) is 16.0 Å². The molecule has 0 radical (unpaired) electrons. The van der Waals surface area contributed by atoms with Crippen molar-refractivity contribution >= 4 is 15.9 Å². The molecule has 0 unspecified atom stereocenters. The summed E-state index contributed by atoms with van der Waals surface area (Å²) in [4.78, 5) is 12.0. The normalized spacial score (nSPS) is 12.5. The highest BCUT2D eigenvalue weighted by molar-refractivity contribution is 7.89. The van der Waals surface area contributed by atoms with E-state index in [1.165, 1.54) is 6.92 Å². The number of hydrogen-bond donors (Lipinski definition) is 2. The number of nitrogens with one attached hydrogen (secondary N) is 2. The molecule has 120 valence electrons. The van der Waals surface area contributed by atoms with E-state index in [1.807, 2.05) is 19.9 Å². The van der Waals surface area contributed by atoms with Crippen LogP contribution in [0.2, 0.25) is 0 Å². The fraction of sp³-hybridized carbons (Fsp3) is 0.438. The Hall–Kier alpha value is -1.84. The Kier molecular flexibility index (Phi) is 5.75. The van der Waals surface area contributed by atoms with Crippen LogP contribution in [0.5, 0.6) is 0 Å². The molecule has 1 aromatic carbocycles. The summed E-state index contributed by atoms with van der Waals surface area (Å²) in [6.07, 6.45) is 5.06. The van der Waals surface area contributed by atoms with Crippen LogP contribution in [0.25, 0.3) is 0 Å². The van der Waals surface area contributed by atoms with Crippen LogP contribution in [0.15, 0.2) is 11.0 Å². The molecule has 1 amide bonds. The second-order valence-electron chi connectivity index (χ2n) is 5.35. The van der Waals surface area contributed by atoms with E-state index in [9.17, 15) is 13.2 Å². The zero-order chi connectivity index (χ0) is 17.1. The lowest BCUT2D eigenvalue weighted by Crippen LogP contribution is -2.45. The summed E-state index contributed by atoms with van der Waals surface area (Å²) in [5.74, 6) is 1.81. The van der Waals surface area contributed by atoms with Crippen molar-refractivity contribution in [3.63, 3.8) is 0 Å². The number of sulfonamides is 1. The highest BCUT2D eigenvalue weighted by Crippen LogP contribution is 2.26. The lowest BCUT2D eigenvalue weighted by atomic mass is 10.0. The number of carbonyl (C=O) groups excluding carboxylic acids is 1. The molecular weight excluding hydrogens is 300 g/mol. The lowest BCUT2D eigenvalue weighted by molar-refractivity contribution is -0.122. The van der Waals surface area contributed by atoms with E-state index in [0.717, 1.165) is 11.1 Å². The van der Waals surface area contributed by atoms with Crippen LogP contribution in [0, 0.1) is 40.0 Å². The van der Waals surface area contributed by atoms with Crippen molar-refractivity contribution in [3.8, 4) is 12.3 Å². The highest BCUT2D eigenvalue weighted by atomic mass is 32.2. The van der Waals surface area contributed by atoms with Gasteiger partial charge in [-0.2, -0.15) is 4.72 Å². The number of carbonyl (C=O) groups is 1. The van der Waals surface area contributed by atoms with Gasteiger partial charge in [0, 0.05) is 0 Å². The minimum atomic E-state index is -3.80. The molecule has 1 rings (SSSR count). The maximum atomic E-state index is 12.6. The predicted octanol–water partition coefficient (Wildman–Crippen LogP) is 1.34. The Morgan fingerprint density at radius 3 is 2.18 bits per heavy atom. The molecule has 6 heteroatoms. The summed E-state index contributed by atoms with van der Waals surface area (Å²) in [5.41, 5.74) is 3.17. The molecule has 0 aromatic heterocycles. The lowest BCUT2D eigenvalue weighted by Gasteiger charge is -2.18. The second-order valence-corrected chi connectivity index (χ2v) is 7.01. The highest BCUT2D eigenvalue weighted by Gasteiger charge is 2.26. The second kappa shape index (κ2) is 6.95. The zero-order valence-corrected chi connectivity index (χ0v) is 14.4. The Labute approximate surface area is 132 Å². The van der Waals surface area contributed by atoms with Gasteiger partial charge in [-0.15, -0.1) is 6.42 Å². The van der Waals surface area contributed by atoms with Crippen LogP contribution < -0.4 is 10.0 Å². The van der Waals surface area contributed by atoms with Gasteiger partial charge in [0.25, 0.3) is 0 Å². The summed E-state index contributed by atoms with van der Waals surface area (Å²) in [6, 6.07) is 1.05. The van der Waals surface area contributed by atoms with Crippen LogP contribution >= 0.6 is 0 Å². The Balaban J connectivity index is 3.17. The number of rotatable bonds is 5. The molecule has 0 aliphatic rings. The summed E-state index contributed by atoms with van der Waals surface area (Å²) < 4.78 is 27.7. The van der Waals surface area contributed by atoms with Crippen molar-refractivity contribution in [2.45, 2.75) is 45.6 Å². The third-order valence-electron chi connectivity index (χ3n) is 3.66. The predicted molar refractivity (Wildman–Crippen MR) is 87.0 cm³/mol. The number of aryl methyl sites for hydroxylation is 2. The van der Waals surface area contributed by atoms with Gasteiger partial charge in [0.15, 0.2) is 0 Å². The molecule has 0 saturated heterocycles. The van der Waals surface area contributed by atoms with E-state index in [0.29, 0.717) is 11.1 Å². The van der Waals surface area contributed by atoms with Gasteiger partial charge in [-0.3, -0.25) is 4.79 Å². The first-order chi connectivity index (χ1) is 10.1. The van der Waals surface area contributed by atoms with E-state index in [1.54, 1.807) is 13.8 Å². The minimum absolute atomic E-state index is 0.0620. The maximum Gasteiger partial charge on any atom is 0.241 e. The molecule has 5 nitrogen and oxygen atoms in total. The molecule has 1 atom stereocenters. The summed E-state index contributed by atoms with van der Waals surface area (Å²) in [6.45, 7) is 8.80. The summed E-state index contributed by atoms with van der Waals surface area (Å²) >= 11 is 0. The Morgan fingerprint density at radius 2 is 1.73 bits per heavy atom. The van der Waals surface area contributed by atoms with Crippen molar-refractivity contribution in [1.29, 1.82) is 0 Å². The molecule has 0 heterocycles. The van der Waals surface area contributed by atoms with Gasteiger partial charge < -0.3 is 5.32 Å². The molecule has 0 aliphatic heterocycles. The van der Waals surface area contributed by atoms with Crippen LogP contribution in [0.3, 0.4) is 0 Å². The topological polar surface area (TPSA) is 75.3 Å². The Bertz CT molecular complexity index is 704. The quantitative estimate of drug-likeness (QED) is 0.803. The smallest absolute Gasteiger partial charge is 0.241 e. The summed E-state index contributed by atoms with van der Waals surface area (Å²) in [7, 11) is -3.80. The first-order valence-corrected chi connectivity index (χ1v) is 8.41. The van der Waals surface area contributed by atoms with Gasteiger partial charge in [0.05, 0.1) is 17.5 Å². The summed E-state index contributed by atoms with van der Waals surface area (Å²) in [5, 5.41) is 2.46. The van der Waals surface area contributed by atoms with Crippen molar-refractivity contribution in [2.75, 3.05) is 6.54 Å². The van der Waals surface area contributed by atoms with Gasteiger partial charge in [0.2, 0.25) is 15.9 Å². The van der Waals surface area contributed by atoms with Crippen LogP contribution in [-0.4, -0.2) is 26.9 Å². The Morgan fingerprint density at radius 1 is 1.23 bits per heavy atom. The first-order valence-electron chi connectivity index (χ1n) is 6.92. The number of terminal acetylenes is 1. The third kappa shape index (κ3) is 3.87. The van der Waals surface area contributed by atoms with Crippen LogP contribution in [0.4, 0.5) is 0 Å². The minimum Gasteiger partial charge on any atom is -0.344 e. The van der Waals surface area contributed by atoms with Crippen molar-refractivity contribution in [2.24, 2.45) is 0 Å². The SMILES string of the molecule is C#CCNC(=O)[C@H](C)NS(=O)(=O)c1c(C)c(C)cc(C)c1C. The van der Waals surface area contributed by atoms with E-state index in [4.69, 9.17) is 6.42 Å². The van der Waals surface area contributed by atoms with Gasteiger partial charge in [-0.05, 0) is 56.9 Å². The molecule has 0 aliphatic carbocycles. The number of benzene rings is 1. The molecule has 0 fully saturated rings. The molecule has 0 saturated carbocycles. The molecule has 0 spiro atoms. The fourth-order valence-corrected chi connectivity index (χ4v) is 4.04. The van der Waals surface area contributed by atoms with Crippen LogP contribution in [0.1, 0.15) is 29.2 Å². The first kappa shape index (κ1) is 18.2. The average Bonchev–Trinajstić information content (AvgIpc) is 2.41. The number of amides is 1.